The molecule has 8 nitrogen and oxygen atoms in total. The lowest BCUT2D eigenvalue weighted by Crippen LogP contribution is -2.56. The third-order valence-corrected chi connectivity index (χ3v) is 3.97. The highest BCUT2D eigenvalue weighted by molar-refractivity contribution is 5.73. The van der Waals surface area contributed by atoms with Gasteiger partial charge < -0.3 is 25.6 Å². The minimum absolute atomic E-state index is 0.111. The molecule has 8 heteroatoms. The van der Waals surface area contributed by atoms with Gasteiger partial charge in [0, 0.05) is 25.4 Å². The van der Waals surface area contributed by atoms with Gasteiger partial charge in [0.15, 0.2) is 6.29 Å². The van der Waals surface area contributed by atoms with E-state index in [9.17, 15) is 14.8 Å². The first-order valence-corrected chi connectivity index (χ1v) is 7.30. The fourth-order valence-corrected chi connectivity index (χ4v) is 2.99. The number of hydrogen-bond donors (Lipinski definition) is 3. The van der Waals surface area contributed by atoms with E-state index in [0.717, 1.165) is 0 Å². The lowest BCUT2D eigenvalue weighted by molar-refractivity contribution is -0.194. The Morgan fingerprint density at radius 3 is 2.90 bits per heavy atom. The minimum Gasteiger partial charge on any atom is -0.389 e. The quantitative estimate of drug-likeness (QED) is 0.595. The van der Waals surface area contributed by atoms with Gasteiger partial charge in [-0.05, 0) is 19.3 Å². The van der Waals surface area contributed by atoms with Crippen molar-refractivity contribution < 1.29 is 19.4 Å². The molecule has 6 atom stereocenters. The Labute approximate surface area is 123 Å². The summed E-state index contributed by atoms with van der Waals surface area (Å²) in [4.78, 5) is 21.4. The zero-order chi connectivity index (χ0) is 15.4. The molecule has 0 aromatic carbocycles. The fourth-order valence-electron chi connectivity index (χ4n) is 2.99. The van der Waals surface area contributed by atoms with Gasteiger partial charge in [-0.1, -0.05) is 5.18 Å². The first-order valence-electron chi connectivity index (χ1n) is 7.30. The molecule has 1 saturated heterocycles. The average molecular weight is 301 g/mol. The maximum atomic E-state index is 11.1. The maximum absolute atomic E-state index is 11.1. The van der Waals surface area contributed by atoms with Crippen LogP contribution in [0.5, 0.6) is 0 Å². The van der Waals surface area contributed by atoms with Crippen LogP contribution in [0.15, 0.2) is 5.18 Å². The maximum Gasteiger partial charge on any atom is 0.217 e. The van der Waals surface area contributed by atoms with E-state index in [4.69, 9.17) is 15.2 Å². The van der Waals surface area contributed by atoms with E-state index in [1.165, 1.54) is 6.92 Å². The Morgan fingerprint density at radius 2 is 2.24 bits per heavy atom. The van der Waals surface area contributed by atoms with Crippen molar-refractivity contribution >= 4 is 5.91 Å². The summed E-state index contributed by atoms with van der Waals surface area (Å²) in [7, 11) is 0. The van der Waals surface area contributed by atoms with Crippen molar-refractivity contribution in [2.45, 2.75) is 69.3 Å². The molecule has 21 heavy (non-hydrogen) atoms. The molecule has 1 aliphatic heterocycles. The van der Waals surface area contributed by atoms with E-state index >= 15 is 0 Å². The van der Waals surface area contributed by atoms with Crippen molar-refractivity contribution in [3.8, 4) is 0 Å². The molecular weight excluding hydrogens is 278 g/mol. The van der Waals surface area contributed by atoms with Crippen LogP contribution in [0, 0.1) is 4.91 Å². The van der Waals surface area contributed by atoms with Crippen LogP contribution in [-0.2, 0) is 14.3 Å². The highest BCUT2D eigenvalue weighted by Crippen LogP contribution is 2.27. The van der Waals surface area contributed by atoms with Gasteiger partial charge in [-0.3, -0.25) is 4.79 Å². The lowest BCUT2D eigenvalue weighted by Gasteiger charge is -2.38. The number of amides is 1. The van der Waals surface area contributed by atoms with Gasteiger partial charge in [0.2, 0.25) is 5.91 Å². The SMILES string of the molecule is CC(=O)NC1CC(N)[C@@H](O)C(OC2CCC(CN=O)O2)C1. The van der Waals surface area contributed by atoms with Gasteiger partial charge in [-0.25, -0.2) is 0 Å². The third kappa shape index (κ3) is 4.44. The van der Waals surface area contributed by atoms with E-state index < -0.39 is 24.5 Å². The highest BCUT2D eigenvalue weighted by atomic mass is 16.7. The van der Waals surface area contributed by atoms with Gasteiger partial charge in [0.25, 0.3) is 0 Å². The second-order valence-electron chi connectivity index (χ2n) is 5.77. The van der Waals surface area contributed by atoms with Gasteiger partial charge in [-0.15, -0.1) is 0 Å². The standard InChI is InChI=1S/C13H23N3O5/c1-7(17)16-8-4-10(14)13(18)11(5-8)21-12-3-2-9(20-12)6-15-19/h8-13,18H,2-6,14H2,1H3,(H,16,17)/t8?,9?,10?,11?,12?,13-/m1/s1. The number of rotatable bonds is 5. The number of hydrogen-bond acceptors (Lipinski definition) is 7. The van der Waals surface area contributed by atoms with Crippen LogP contribution in [0.1, 0.15) is 32.6 Å². The number of aliphatic hydroxyl groups excluding tert-OH is 1. The molecule has 120 valence electrons. The fraction of sp³-hybridized carbons (Fsp3) is 0.923. The Balaban J connectivity index is 1.88. The van der Waals surface area contributed by atoms with Crippen LogP contribution in [-0.4, -0.2) is 54.2 Å². The predicted octanol–water partition coefficient (Wildman–Crippen LogP) is -0.370. The largest absolute Gasteiger partial charge is 0.389 e. The van der Waals surface area contributed by atoms with Crippen LogP contribution in [0.2, 0.25) is 0 Å². The number of aliphatic hydroxyl groups is 1. The topological polar surface area (TPSA) is 123 Å². The van der Waals surface area contributed by atoms with E-state index in [-0.39, 0.29) is 24.6 Å². The van der Waals surface area contributed by atoms with Crippen molar-refractivity contribution in [1.29, 1.82) is 0 Å². The number of ether oxygens (including phenoxy) is 2. The molecule has 0 aromatic rings. The van der Waals surface area contributed by atoms with Crippen LogP contribution < -0.4 is 11.1 Å². The number of carbonyl (C=O) groups is 1. The number of nitrogens with zero attached hydrogens (tertiary/aromatic N) is 1. The van der Waals surface area contributed by atoms with Gasteiger partial charge in [0.1, 0.15) is 6.54 Å². The van der Waals surface area contributed by atoms with Gasteiger partial charge in [0.05, 0.1) is 18.3 Å². The average Bonchev–Trinajstić information content (AvgIpc) is 2.82. The third-order valence-electron chi connectivity index (χ3n) is 3.97. The molecule has 1 aliphatic carbocycles. The normalized spacial score (nSPS) is 40.0. The Morgan fingerprint density at radius 1 is 1.48 bits per heavy atom. The molecule has 2 rings (SSSR count). The summed E-state index contributed by atoms with van der Waals surface area (Å²) in [5, 5.41) is 15.8. The molecule has 2 fully saturated rings. The van der Waals surface area contributed by atoms with E-state index in [0.29, 0.717) is 25.7 Å². The number of nitrogens with one attached hydrogen (secondary N) is 1. The van der Waals surface area contributed by atoms with Crippen molar-refractivity contribution in [3.05, 3.63) is 4.91 Å². The molecule has 1 heterocycles. The number of nitroso groups, excluding NO2 is 1. The predicted molar refractivity (Wildman–Crippen MR) is 74.3 cm³/mol. The minimum atomic E-state index is -0.790. The summed E-state index contributed by atoms with van der Waals surface area (Å²) in [5.41, 5.74) is 5.91. The van der Waals surface area contributed by atoms with E-state index in [2.05, 4.69) is 10.5 Å². The lowest BCUT2D eigenvalue weighted by atomic mass is 9.86. The molecule has 1 amide bonds. The highest BCUT2D eigenvalue weighted by Gasteiger charge is 2.38. The molecule has 0 spiro atoms. The van der Waals surface area contributed by atoms with E-state index in [1.807, 2.05) is 0 Å². The van der Waals surface area contributed by atoms with Crippen LogP contribution in [0.4, 0.5) is 0 Å². The monoisotopic (exact) mass is 301 g/mol. The zero-order valence-electron chi connectivity index (χ0n) is 12.1. The Bertz CT molecular complexity index is 381. The summed E-state index contributed by atoms with van der Waals surface area (Å²) in [6.45, 7) is 1.56. The molecule has 0 bridgehead atoms. The summed E-state index contributed by atoms with van der Waals surface area (Å²) >= 11 is 0. The molecule has 2 aliphatic rings. The smallest absolute Gasteiger partial charge is 0.217 e. The van der Waals surface area contributed by atoms with Crippen molar-refractivity contribution in [3.63, 3.8) is 0 Å². The second kappa shape index (κ2) is 7.26. The van der Waals surface area contributed by atoms with Crippen LogP contribution >= 0.6 is 0 Å². The van der Waals surface area contributed by atoms with Crippen molar-refractivity contribution in [1.82, 2.24) is 5.32 Å². The molecule has 0 aromatic heterocycles. The first kappa shape index (κ1) is 16.3. The second-order valence-corrected chi connectivity index (χ2v) is 5.77. The van der Waals surface area contributed by atoms with Crippen LogP contribution in [0.3, 0.4) is 0 Å². The van der Waals surface area contributed by atoms with Crippen molar-refractivity contribution in [2.24, 2.45) is 10.9 Å². The number of carbonyl (C=O) groups excluding carboxylic acids is 1. The molecular formula is C13H23N3O5. The van der Waals surface area contributed by atoms with Gasteiger partial charge >= 0.3 is 0 Å². The summed E-state index contributed by atoms with van der Waals surface area (Å²) < 4.78 is 11.3. The summed E-state index contributed by atoms with van der Waals surface area (Å²) in [6, 6.07) is -0.561. The van der Waals surface area contributed by atoms with Gasteiger partial charge in [-0.2, -0.15) is 4.91 Å². The zero-order valence-corrected chi connectivity index (χ0v) is 12.1. The molecule has 1 saturated carbocycles. The molecule has 4 N–H and O–H groups in total. The molecule has 0 radical (unpaired) electrons. The number of nitrogens with two attached hydrogens (primary N) is 1. The van der Waals surface area contributed by atoms with Crippen LogP contribution in [0.25, 0.3) is 0 Å². The Kier molecular flexibility index (Phi) is 5.63. The summed E-state index contributed by atoms with van der Waals surface area (Å²) in [6.07, 6.45) is 0.423. The summed E-state index contributed by atoms with van der Waals surface area (Å²) in [5.74, 6) is -0.128. The molecule has 5 unspecified atom stereocenters. The first-order chi connectivity index (χ1) is 9.99. The van der Waals surface area contributed by atoms with E-state index in [1.54, 1.807) is 0 Å². The van der Waals surface area contributed by atoms with Crippen molar-refractivity contribution in [2.75, 3.05) is 6.54 Å². The Hall–Kier alpha value is -1.09.